The van der Waals surface area contributed by atoms with Crippen molar-refractivity contribution in [2.24, 2.45) is 0 Å². The lowest BCUT2D eigenvalue weighted by atomic mass is 9.91. The summed E-state index contributed by atoms with van der Waals surface area (Å²) in [4.78, 5) is 0. The highest BCUT2D eigenvalue weighted by Crippen LogP contribution is 2.42. The molecule has 1 nitrogen and oxygen atoms in total. The summed E-state index contributed by atoms with van der Waals surface area (Å²) >= 11 is 0. The van der Waals surface area contributed by atoms with Crippen molar-refractivity contribution >= 4 is 88.5 Å². The van der Waals surface area contributed by atoms with Gasteiger partial charge in [0.2, 0.25) is 0 Å². The van der Waals surface area contributed by atoms with Gasteiger partial charge in [-0.05, 0) is 123 Å². The van der Waals surface area contributed by atoms with E-state index in [2.05, 4.69) is 159 Å². The maximum atomic E-state index is 6.50. The van der Waals surface area contributed by atoms with Gasteiger partial charge in [-0.2, -0.15) is 0 Å². The Balaban J connectivity index is 1.19. The molecule has 10 aromatic rings. The van der Waals surface area contributed by atoms with Gasteiger partial charge < -0.3 is 4.42 Å². The van der Waals surface area contributed by atoms with Gasteiger partial charge in [0.1, 0.15) is 11.2 Å². The molecule has 1 aromatic heterocycles. The molecule has 0 spiro atoms. The van der Waals surface area contributed by atoms with E-state index in [0.29, 0.717) is 0 Å². The molecule has 0 amide bonds. The zero-order chi connectivity index (χ0) is 32.6. The molecule has 0 atom stereocenters. The molecule has 0 aliphatic carbocycles. The Morgan fingerprint density at radius 2 is 0.939 bits per heavy atom. The van der Waals surface area contributed by atoms with Crippen molar-refractivity contribution in [3.8, 4) is 22.3 Å². The molecule has 0 unspecified atom stereocenters. The Kier molecular flexibility index (Phi) is 5.95. The number of furan rings is 1. The van der Waals surface area contributed by atoms with Crippen LogP contribution in [0, 0.1) is 0 Å². The lowest BCUT2D eigenvalue weighted by molar-refractivity contribution is 0.669. The number of hydrogen-bond donors (Lipinski definition) is 0. The topological polar surface area (TPSA) is 13.1 Å². The van der Waals surface area contributed by atoms with Gasteiger partial charge in [0.25, 0.3) is 0 Å². The van der Waals surface area contributed by atoms with E-state index < -0.39 is 0 Å². The number of hydrogen-bond acceptors (Lipinski definition) is 1. The molecule has 49 heavy (non-hydrogen) atoms. The van der Waals surface area contributed by atoms with E-state index in [4.69, 9.17) is 4.42 Å². The van der Waals surface area contributed by atoms with E-state index in [1.54, 1.807) is 0 Å². The fourth-order valence-electron chi connectivity index (χ4n) is 8.02. The van der Waals surface area contributed by atoms with Gasteiger partial charge in [-0.3, -0.25) is 0 Å². The largest absolute Gasteiger partial charge is 0.456 e. The van der Waals surface area contributed by atoms with Gasteiger partial charge in [0.05, 0.1) is 0 Å². The highest BCUT2D eigenvalue weighted by molar-refractivity contribution is 6.27. The standard InChI is InChI=1S/C48H30O/c1-3-10-30-27-43(40-14-7-6-12-36(40)29(30)2)34-17-21-38-32(25-34)19-23-45-47(38)48-39-22-18-35(26-33(39)20-24-46(48)49-45)44-28-31-11-4-5-13-37(31)41-15-8-9-16-42(41)44/h3-28H,1-2H2/b30-10-. The molecular weight excluding hydrogens is 593 g/mol. The normalized spacial score (nSPS) is 12.4. The first-order chi connectivity index (χ1) is 24.2. The number of fused-ring (bicyclic) bond motifs is 11. The molecular formula is C48H30O. The third kappa shape index (κ3) is 4.13. The first-order valence-corrected chi connectivity index (χ1v) is 16.7. The Morgan fingerprint density at radius 1 is 0.429 bits per heavy atom. The summed E-state index contributed by atoms with van der Waals surface area (Å²) in [5.74, 6) is 0. The van der Waals surface area contributed by atoms with Crippen LogP contribution in [0.15, 0.2) is 163 Å². The van der Waals surface area contributed by atoms with Crippen molar-refractivity contribution in [1.29, 1.82) is 0 Å². The van der Waals surface area contributed by atoms with Crippen LogP contribution in [0.1, 0.15) is 0 Å². The van der Waals surface area contributed by atoms with Crippen LogP contribution in [0.2, 0.25) is 0 Å². The smallest absolute Gasteiger partial charge is 0.136 e. The highest BCUT2D eigenvalue weighted by atomic mass is 16.3. The molecule has 0 saturated carbocycles. The van der Waals surface area contributed by atoms with Crippen LogP contribution in [-0.4, -0.2) is 0 Å². The van der Waals surface area contributed by atoms with Crippen molar-refractivity contribution in [1.82, 2.24) is 0 Å². The maximum Gasteiger partial charge on any atom is 0.136 e. The average molecular weight is 623 g/mol. The van der Waals surface area contributed by atoms with E-state index in [1.807, 2.05) is 12.2 Å². The minimum atomic E-state index is 0.905. The molecule has 228 valence electrons. The first-order valence-electron chi connectivity index (χ1n) is 16.7. The molecule has 0 bridgehead atoms. The second-order valence-electron chi connectivity index (χ2n) is 13.0. The van der Waals surface area contributed by atoms with Crippen molar-refractivity contribution < 1.29 is 4.42 Å². The monoisotopic (exact) mass is 622 g/mol. The van der Waals surface area contributed by atoms with Gasteiger partial charge in [-0.25, -0.2) is 0 Å². The molecule has 0 aliphatic heterocycles. The van der Waals surface area contributed by atoms with Crippen molar-refractivity contribution in [2.45, 2.75) is 0 Å². The van der Waals surface area contributed by atoms with Crippen LogP contribution in [0.25, 0.3) is 111 Å². The first kappa shape index (κ1) is 27.7. The SMILES string of the molecule is C=C/C=c1/cc(-c2ccc3c(ccc4oc5ccc6cc(-c7cc8ccccc8c8ccccc78)ccc6c5c43)c2)c2ccccc2c1=C. The molecule has 1 heteroatoms. The zero-order valence-electron chi connectivity index (χ0n) is 26.8. The third-order valence-corrected chi connectivity index (χ3v) is 10.3. The summed E-state index contributed by atoms with van der Waals surface area (Å²) in [7, 11) is 0. The molecule has 9 aromatic carbocycles. The predicted molar refractivity (Wildman–Crippen MR) is 212 cm³/mol. The van der Waals surface area contributed by atoms with E-state index in [9.17, 15) is 0 Å². The minimum absolute atomic E-state index is 0.905. The molecule has 0 saturated heterocycles. The van der Waals surface area contributed by atoms with E-state index in [-0.39, 0.29) is 0 Å². The lowest BCUT2D eigenvalue weighted by Crippen LogP contribution is -2.23. The molecule has 0 fully saturated rings. The van der Waals surface area contributed by atoms with Crippen LogP contribution in [0.4, 0.5) is 0 Å². The Labute approximate surface area is 283 Å². The number of benzene rings is 9. The van der Waals surface area contributed by atoms with E-state index in [0.717, 1.165) is 37.8 Å². The summed E-state index contributed by atoms with van der Waals surface area (Å²) in [6, 6.07) is 52.8. The summed E-state index contributed by atoms with van der Waals surface area (Å²) in [5, 5.41) is 16.6. The Morgan fingerprint density at radius 3 is 1.57 bits per heavy atom. The fourth-order valence-corrected chi connectivity index (χ4v) is 8.02. The predicted octanol–water partition coefficient (Wildman–Crippen LogP) is 12.1. The average Bonchev–Trinajstić information content (AvgIpc) is 3.55. The number of allylic oxidation sites excluding steroid dienone is 1. The summed E-state index contributed by atoms with van der Waals surface area (Å²) < 4.78 is 6.50. The van der Waals surface area contributed by atoms with Crippen molar-refractivity contribution in [3.63, 3.8) is 0 Å². The van der Waals surface area contributed by atoms with Crippen LogP contribution < -0.4 is 10.4 Å². The van der Waals surface area contributed by atoms with Gasteiger partial charge in [-0.1, -0.05) is 135 Å². The third-order valence-electron chi connectivity index (χ3n) is 10.3. The van der Waals surface area contributed by atoms with Crippen molar-refractivity contribution in [3.05, 3.63) is 169 Å². The van der Waals surface area contributed by atoms with Crippen LogP contribution in [-0.2, 0) is 0 Å². The summed E-state index contributed by atoms with van der Waals surface area (Å²) in [6.07, 6.45) is 3.88. The molecule has 0 radical (unpaired) electrons. The molecule has 10 rings (SSSR count). The molecule has 0 aliphatic rings. The van der Waals surface area contributed by atoms with Crippen LogP contribution in [0.3, 0.4) is 0 Å². The Bertz CT molecular complexity index is 3140. The van der Waals surface area contributed by atoms with Crippen LogP contribution in [0.5, 0.6) is 0 Å². The van der Waals surface area contributed by atoms with Crippen molar-refractivity contribution in [2.75, 3.05) is 0 Å². The van der Waals surface area contributed by atoms with Gasteiger partial charge in [0.15, 0.2) is 0 Å². The zero-order valence-corrected chi connectivity index (χ0v) is 26.8. The Hall–Kier alpha value is -6.44. The van der Waals surface area contributed by atoms with E-state index in [1.165, 1.54) is 70.7 Å². The maximum absolute atomic E-state index is 6.50. The molecule has 1 heterocycles. The summed E-state index contributed by atoms with van der Waals surface area (Å²) in [5.41, 5.74) is 6.64. The second kappa shape index (κ2) is 10.5. The van der Waals surface area contributed by atoms with E-state index >= 15 is 0 Å². The van der Waals surface area contributed by atoms with Gasteiger partial charge >= 0.3 is 0 Å². The number of rotatable bonds is 3. The van der Waals surface area contributed by atoms with Gasteiger partial charge in [0, 0.05) is 10.8 Å². The van der Waals surface area contributed by atoms with Crippen LogP contribution >= 0.6 is 0 Å². The lowest BCUT2D eigenvalue weighted by Gasteiger charge is -2.12. The van der Waals surface area contributed by atoms with Gasteiger partial charge in [-0.15, -0.1) is 0 Å². The molecule has 0 N–H and O–H groups in total. The fraction of sp³-hybridized carbons (Fsp3) is 0. The second-order valence-corrected chi connectivity index (χ2v) is 13.0. The minimum Gasteiger partial charge on any atom is -0.456 e. The highest BCUT2D eigenvalue weighted by Gasteiger charge is 2.16. The quantitative estimate of drug-likeness (QED) is 0.179. The summed E-state index contributed by atoms with van der Waals surface area (Å²) in [6.45, 7) is 8.33.